The Morgan fingerprint density at radius 3 is 2.32 bits per heavy atom. The normalized spacial score (nSPS) is 13.5. The molecule has 0 saturated heterocycles. The molecule has 0 radical (unpaired) electrons. The summed E-state index contributed by atoms with van der Waals surface area (Å²) >= 11 is 0. The average molecular weight is 249 g/mol. The van der Waals surface area contributed by atoms with Gasteiger partial charge in [-0.15, -0.1) is 0 Å². The first-order valence-corrected chi connectivity index (χ1v) is 5.79. The van der Waals surface area contributed by atoms with Gasteiger partial charge in [-0.3, -0.25) is 9.59 Å². The fourth-order valence-corrected chi connectivity index (χ4v) is 2.49. The number of H-pyrrole nitrogens is 1. The lowest BCUT2D eigenvalue weighted by Crippen LogP contribution is -2.21. The molecular weight excluding hydrogens is 242 g/mol. The van der Waals surface area contributed by atoms with Crippen molar-refractivity contribution in [2.24, 2.45) is 0 Å². The number of carbonyl (C=O) groups is 2. The number of ketones is 2. The first-order valence-electron chi connectivity index (χ1n) is 5.79. The number of aromatic amines is 1. The molecule has 0 amide bonds. The molecule has 0 spiro atoms. The van der Waals surface area contributed by atoms with Crippen molar-refractivity contribution in [1.82, 2.24) is 15.4 Å². The minimum atomic E-state index is -0.176. The SMILES string of the molecule is O=C1c2ccccc2C(=O)c2c1ccc1n[nH]nc21. The van der Waals surface area contributed by atoms with Gasteiger partial charge in [-0.2, -0.15) is 15.4 Å². The standard InChI is InChI=1S/C14H7N3O2/c18-13-7-3-1-2-4-8(7)14(19)11-9(13)5-6-10-12(11)16-17-15-10/h1-6H,(H,15,16,17). The summed E-state index contributed by atoms with van der Waals surface area (Å²) in [6.07, 6.45) is 0. The molecule has 19 heavy (non-hydrogen) atoms. The van der Waals surface area contributed by atoms with Gasteiger partial charge in [0.2, 0.25) is 0 Å². The quantitative estimate of drug-likeness (QED) is 0.515. The molecule has 1 N–H and O–H groups in total. The van der Waals surface area contributed by atoms with E-state index < -0.39 is 0 Å². The monoisotopic (exact) mass is 249 g/mol. The summed E-state index contributed by atoms with van der Waals surface area (Å²) in [6, 6.07) is 10.2. The Hall–Kier alpha value is -2.82. The van der Waals surface area contributed by atoms with E-state index in [-0.39, 0.29) is 11.6 Å². The van der Waals surface area contributed by atoms with Crippen molar-refractivity contribution in [1.29, 1.82) is 0 Å². The molecule has 5 heteroatoms. The second-order valence-electron chi connectivity index (χ2n) is 4.38. The van der Waals surface area contributed by atoms with Crippen LogP contribution in [0.1, 0.15) is 31.8 Å². The molecule has 90 valence electrons. The largest absolute Gasteiger partial charge is 0.289 e. The van der Waals surface area contributed by atoms with E-state index in [1.54, 1.807) is 36.4 Å². The zero-order valence-corrected chi connectivity index (χ0v) is 9.68. The van der Waals surface area contributed by atoms with E-state index in [0.717, 1.165) is 0 Å². The maximum Gasteiger partial charge on any atom is 0.196 e. The number of nitrogens with one attached hydrogen (secondary N) is 1. The second-order valence-corrected chi connectivity index (χ2v) is 4.38. The number of aromatic nitrogens is 3. The Bertz CT molecular complexity index is 864. The molecule has 0 atom stereocenters. The lowest BCUT2D eigenvalue weighted by atomic mass is 9.83. The zero-order chi connectivity index (χ0) is 13.0. The Morgan fingerprint density at radius 2 is 1.53 bits per heavy atom. The number of rotatable bonds is 0. The van der Waals surface area contributed by atoms with E-state index in [1.165, 1.54) is 0 Å². The highest BCUT2D eigenvalue weighted by atomic mass is 16.1. The zero-order valence-electron chi connectivity index (χ0n) is 9.68. The van der Waals surface area contributed by atoms with Gasteiger partial charge in [0.05, 0.1) is 5.56 Å². The summed E-state index contributed by atoms with van der Waals surface area (Å²) < 4.78 is 0. The third-order valence-electron chi connectivity index (χ3n) is 3.38. The van der Waals surface area contributed by atoms with Gasteiger partial charge < -0.3 is 0 Å². The third-order valence-corrected chi connectivity index (χ3v) is 3.38. The minimum Gasteiger partial charge on any atom is -0.289 e. The second kappa shape index (κ2) is 3.35. The van der Waals surface area contributed by atoms with Gasteiger partial charge >= 0.3 is 0 Å². The first kappa shape index (κ1) is 10.1. The Labute approximate surface area is 107 Å². The molecular formula is C14H7N3O2. The van der Waals surface area contributed by atoms with Crippen molar-refractivity contribution >= 4 is 22.6 Å². The van der Waals surface area contributed by atoms with Crippen LogP contribution in [-0.2, 0) is 0 Å². The maximum atomic E-state index is 12.5. The number of fused-ring (bicyclic) bond motifs is 4. The molecule has 2 aromatic carbocycles. The highest BCUT2D eigenvalue weighted by Crippen LogP contribution is 2.30. The molecule has 4 rings (SSSR count). The number of benzene rings is 2. The van der Waals surface area contributed by atoms with Crippen molar-refractivity contribution in [3.05, 3.63) is 58.7 Å². The van der Waals surface area contributed by atoms with Gasteiger partial charge in [-0.25, -0.2) is 0 Å². The predicted octanol–water partition coefficient (Wildman–Crippen LogP) is 1.73. The summed E-state index contributed by atoms with van der Waals surface area (Å²) in [5, 5.41) is 10.4. The van der Waals surface area contributed by atoms with E-state index in [4.69, 9.17) is 0 Å². The van der Waals surface area contributed by atoms with Crippen molar-refractivity contribution in [3.8, 4) is 0 Å². The topological polar surface area (TPSA) is 75.7 Å². The van der Waals surface area contributed by atoms with Gasteiger partial charge in [-0.1, -0.05) is 24.3 Å². The molecule has 1 aromatic heterocycles. The van der Waals surface area contributed by atoms with E-state index in [2.05, 4.69) is 15.4 Å². The summed E-state index contributed by atoms with van der Waals surface area (Å²) in [4.78, 5) is 24.9. The van der Waals surface area contributed by atoms with Crippen LogP contribution in [0.25, 0.3) is 11.0 Å². The van der Waals surface area contributed by atoms with Crippen molar-refractivity contribution < 1.29 is 9.59 Å². The molecule has 3 aromatic rings. The minimum absolute atomic E-state index is 0.143. The smallest absolute Gasteiger partial charge is 0.196 e. The van der Waals surface area contributed by atoms with Crippen LogP contribution < -0.4 is 0 Å². The van der Waals surface area contributed by atoms with E-state index in [9.17, 15) is 9.59 Å². The summed E-state index contributed by atoms with van der Waals surface area (Å²) in [6.45, 7) is 0. The molecule has 1 aliphatic rings. The van der Waals surface area contributed by atoms with Gasteiger partial charge in [-0.05, 0) is 12.1 Å². The molecule has 0 fully saturated rings. The fourth-order valence-electron chi connectivity index (χ4n) is 2.49. The van der Waals surface area contributed by atoms with Crippen LogP contribution in [0.3, 0.4) is 0 Å². The lowest BCUT2D eigenvalue weighted by Gasteiger charge is -2.16. The molecule has 0 aliphatic heterocycles. The number of nitrogens with zero attached hydrogens (tertiary/aromatic N) is 2. The van der Waals surface area contributed by atoms with Gasteiger partial charge in [0.1, 0.15) is 11.0 Å². The van der Waals surface area contributed by atoms with Crippen LogP contribution in [0, 0.1) is 0 Å². The molecule has 1 heterocycles. The number of carbonyl (C=O) groups excluding carboxylic acids is 2. The summed E-state index contributed by atoms with van der Waals surface area (Å²) in [5.41, 5.74) is 2.64. The molecule has 5 nitrogen and oxygen atoms in total. The first-order chi connectivity index (χ1) is 9.27. The maximum absolute atomic E-state index is 12.5. The Kier molecular flexibility index (Phi) is 1.79. The van der Waals surface area contributed by atoms with E-state index >= 15 is 0 Å². The molecule has 0 bridgehead atoms. The van der Waals surface area contributed by atoms with E-state index in [0.29, 0.717) is 33.3 Å². The molecule has 0 unspecified atom stereocenters. The molecule has 1 aliphatic carbocycles. The Balaban J connectivity index is 2.14. The van der Waals surface area contributed by atoms with E-state index in [1.807, 2.05) is 0 Å². The number of hydrogen-bond donors (Lipinski definition) is 1. The Morgan fingerprint density at radius 1 is 0.789 bits per heavy atom. The lowest BCUT2D eigenvalue weighted by molar-refractivity contribution is 0.0980. The van der Waals surface area contributed by atoms with Crippen LogP contribution in [-0.4, -0.2) is 27.0 Å². The van der Waals surface area contributed by atoms with Crippen LogP contribution in [0.4, 0.5) is 0 Å². The number of hydrogen-bond acceptors (Lipinski definition) is 4. The van der Waals surface area contributed by atoms with Crippen molar-refractivity contribution in [3.63, 3.8) is 0 Å². The summed E-state index contributed by atoms with van der Waals surface area (Å²) in [7, 11) is 0. The average Bonchev–Trinajstić information content (AvgIpc) is 2.92. The highest BCUT2D eigenvalue weighted by Gasteiger charge is 2.31. The van der Waals surface area contributed by atoms with Crippen LogP contribution in [0.15, 0.2) is 36.4 Å². The predicted molar refractivity (Wildman–Crippen MR) is 67.2 cm³/mol. The van der Waals surface area contributed by atoms with Gasteiger partial charge in [0.25, 0.3) is 0 Å². The van der Waals surface area contributed by atoms with Crippen molar-refractivity contribution in [2.75, 3.05) is 0 Å². The van der Waals surface area contributed by atoms with Crippen molar-refractivity contribution in [2.45, 2.75) is 0 Å². The summed E-state index contributed by atoms with van der Waals surface area (Å²) in [5.74, 6) is -0.320. The van der Waals surface area contributed by atoms with Crippen LogP contribution in [0.2, 0.25) is 0 Å². The van der Waals surface area contributed by atoms with Crippen LogP contribution in [0.5, 0.6) is 0 Å². The fraction of sp³-hybridized carbons (Fsp3) is 0. The highest BCUT2D eigenvalue weighted by molar-refractivity contribution is 6.31. The third kappa shape index (κ3) is 1.18. The molecule has 0 saturated carbocycles. The van der Waals surface area contributed by atoms with Crippen LogP contribution >= 0.6 is 0 Å². The van der Waals surface area contributed by atoms with Gasteiger partial charge in [0, 0.05) is 16.7 Å². The van der Waals surface area contributed by atoms with Gasteiger partial charge in [0.15, 0.2) is 11.6 Å².